The zero-order chi connectivity index (χ0) is 13.3. The van der Waals surface area contributed by atoms with Crippen LogP contribution in [0, 0.1) is 13.8 Å². The lowest BCUT2D eigenvalue weighted by molar-refractivity contribution is 0.0691. The SMILES string of the molecule is COc1cnc(C)c(-n2cc(C(=O)O)nc2C)c1. The fourth-order valence-electron chi connectivity index (χ4n) is 1.68. The van der Waals surface area contributed by atoms with Crippen molar-refractivity contribution in [3.05, 3.63) is 35.7 Å². The second kappa shape index (κ2) is 4.48. The van der Waals surface area contributed by atoms with Crippen molar-refractivity contribution >= 4 is 5.97 Å². The highest BCUT2D eigenvalue weighted by molar-refractivity contribution is 5.85. The van der Waals surface area contributed by atoms with Crippen molar-refractivity contribution in [2.45, 2.75) is 13.8 Å². The summed E-state index contributed by atoms with van der Waals surface area (Å²) in [6.07, 6.45) is 3.09. The molecule has 0 amide bonds. The van der Waals surface area contributed by atoms with Crippen molar-refractivity contribution in [3.8, 4) is 11.4 Å². The molecule has 6 heteroatoms. The molecule has 2 aromatic rings. The number of nitrogens with zero attached hydrogens (tertiary/aromatic N) is 3. The Morgan fingerprint density at radius 1 is 1.44 bits per heavy atom. The fraction of sp³-hybridized carbons (Fsp3) is 0.250. The molecule has 0 unspecified atom stereocenters. The zero-order valence-electron chi connectivity index (χ0n) is 10.3. The summed E-state index contributed by atoms with van der Waals surface area (Å²) >= 11 is 0. The number of hydrogen-bond donors (Lipinski definition) is 1. The van der Waals surface area contributed by atoms with Crippen molar-refractivity contribution in [1.82, 2.24) is 14.5 Å². The monoisotopic (exact) mass is 247 g/mol. The van der Waals surface area contributed by atoms with Gasteiger partial charge in [0.2, 0.25) is 0 Å². The molecule has 18 heavy (non-hydrogen) atoms. The number of pyridine rings is 1. The van der Waals surface area contributed by atoms with Gasteiger partial charge in [-0.2, -0.15) is 0 Å². The van der Waals surface area contributed by atoms with Crippen LogP contribution in [0.2, 0.25) is 0 Å². The van der Waals surface area contributed by atoms with E-state index in [1.165, 1.54) is 6.20 Å². The molecule has 2 rings (SSSR count). The van der Waals surface area contributed by atoms with E-state index >= 15 is 0 Å². The first-order chi connectivity index (χ1) is 8.52. The van der Waals surface area contributed by atoms with Gasteiger partial charge in [-0.25, -0.2) is 9.78 Å². The number of imidazole rings is 1. The van der Waals surface area contributed by atoms with E-state index in [2.05, 4.69) is 9.97 Å². The number of aryl methyl sites for hydroxylation is 2. The molecule has 0 saturated heterocycles. The zero-order valence-corrected chi connectivity index (χ0v) is 10.3. The number of aromatic carboxylic acids is 1. The molecule has 0 aromatic carbocycles. The van der Waals surface area contributed by atoms with Crippen LogP contribution in [0.5, 0.6) is 5.75 Å². The van der Waals surface area contributed by atoms with Crippen molar-refractivity contribution in [3.63, 3.8) is 0 Å². The maximum Gasteiger partial charge on any atom is 0.356 e. The van der Waals surface area contributed by atoms with Crippen LogP contribution in [-0.2, 0) is 0 Å². The van der Waals surface area contributed by atoms with Crippen LogP contribution in [0.3, 0.4) is 0 Å². The molecule has 0 fully saturated rings. The average molecular weight is 247 g/mol. The topological polar surface area (TPSA) is 77.2 Å². The molecule has 0 spiro atoms. The summed E-state index contributed by atoms with van der Waals surface area (Å²) in [6.45, 7) is 3.58. The largest absolute Gasteiger partial charge is 0.495 e. The third-order valence-corrected chi connectivity index (χ3v) is 2.63. The Bertz CT molecular complexity index is 605. The van der Waals surface area contributed by atoms with E-state index < -0.39 is 5.97 Å². The van der Waals surface area contributed by atoms with Crippen molar-refractivity contribution in [1.29, 1.82) is 0 Å². The molecule has 2 aromatic heterocycles. The van der Waals surface area contributed by atoms with E-state index in [1.54, 1.807) is 30.9 Å². The number of carboxylic acids is 1. The Morgan fingerprint density at radius 3 is 2.72 bits per heavy atom. The molecule has 2 heterocycles. The number of methoxy groups -OCH3 is 1. The Balaban J connectivity index is 2.57. The van der Waals surface area contributed by atoms with Crippen LogP contribution >= 0.6 is 0 Å². The summed E-state index contributed by atoms with van der Waals surface area (Å²) in [5, 5.41) is 8.92. The summed E-state index contributed by atoms with van der Waals surface area (Å²) in [6, 6.07) is 1.79. The minimum absolute atomic E-state index is 0.00900. The van der Waals surface area contributed by atoms with Gasteiger partial charge >= 0.3 is 5.97 Å². The molecule has 0 aliphatic carbocycles. The van der Waals surface area contributed by atoms with E-state index in [0.29, 0.717) is 11.6 Å². The number of hydrogen-bond acceptors (Lipinski definition) is 4. The number of aromatic nitrogens is 3. The average Bonchev–Trinajstić information content (AvgIpc) is 2.72. The van der Waals surface area contributed by atoms with Crippen LogP contribution in [-0.4, -0.2) is 32.7 Å². The molecule has 0 aliphatic heterocycles. The van der Waals surface area contributed by atoms with Crippen LogP contribution in [0.15, 0.2) is 18.5 Å². The summed E-state index contributed by atoms with van der Waals surface area (Å²) < 4.78 is 6.80. The van der Waals surface area contributed by atoms with Crippen molar-refractivity contribution < 1.29 is 14.6 Å². The van der Waals surface area contributed by atoms with Gasteiger partial charge in [-0.3, -0.25) is 4.98 Å². The molecule has 0 atom stereocenters. The number of ether oxygens (including phenoxy) is 1. The van der Waals surface area contributed by atoms with Crippen LogP contribution < -0.4 is 4.74 Å². The molecule has 0 aliphatic rings. The first-order valence-corrected chi connectivity index (χ1v) is 5.33. The minimum atomic E-state index is -1.05. The van der Waals surface area contributed by atoms with Gasteiger partial charge in [0.05, 0.1) is 24.7 Å². The van der Waals surface area contributed by atoms with Gasteiger partial charge in [-0.15, -0.1) is 0 Å². The predicted molar refractivity (Wildman–Crippen MR) is 64.3 cm³/mol. The fourth-order valence-corrected chi connectivity index (χ4v) is 1.68. The summed E-state index contributed by atoms with van der Waals surface area (Å²) in [5.41, 5.74) is 1.54. The van der Waals surface area contributed by atoms with Crippen LogP contribution in [0.1, 0.15) is 22.0 Å². The molecule has 0 saturated carbocycles. The third-order valence-electron chi connectivity index (χ3n) is 2.63. The lowest BCUT2D eigenvalue weighted by Gasteiger charge is -2.09. The van der Waals surface area contributed by atoms with Gasteiger partial charge in [0.15, 0.2) is 5.69 Å². The Labute approximate surface area is 104 Å². The molecule has 6 nitrogen and oxygen atoms in total. The Hall–Kier alpha value is -2.37. The molecular formula is C12H13N3O3. The smallest absolute Gasteiger partial charge is 0.356 e. The van der Waals surface area contributed by atoms with Gasteiger partial charge in [-0.1, -0.05) is 0 Å². The lowest BCUT2D eigenvalue weighted by atomic mass is 10.3. The second-order valence-corrected chi connectivity index (χ2v) is 3.83. The van der Waals surface area contributed by atoms with Gasteiger partial charge in [0.1, 0.15) is 11.6 Å². The quantitative estimate of drug-likeness (QED) is 0.891. The number of carbonyl (C=O) groups is 1. The summed E-state index contributed by atoms with van der Waals surface area (Å²) in [5.74, 6) is 0.150. The number of rotatable bonds is 3. The first-order valence-electron chi connectivity index (χ1n) is 5.33. The molecular weight excluding hydrogens is 234 g/mol. The number of carboxylic acid groups (broad SMARTS) is 1. The van der Waals surface area contributed by atoms with E-state index in [9.17, 15) is 4.79 Å². The maximum atomic E-state index is 10.9. The van der Waals surface area contributed by atoms with Gasteiger partial charge in [-0.05, 0) is 13.8 Å². The van der Waals surface area contributed by atoms with Gasteiger partial charge < -0.3 is 14.4 Å². The highest BCUT2D eigenvalue weighted by Gasteiger charge is 2.13. The van der Waals surface area contributed by atoms with Crippen LogP contribution in [0.4, 0.5) is 0 Å². The Morgan fingerprint density at radius 2 is 2.17 bits per heavy atom. The minimum Gasteiger partial charge on any atom is -0.495 e. The molecule has 94 valence electrons. The lowest BCUT2D eigenvalue weighted by Crippen LogP contribution is -2.01. The van der Waals surface area contributed by atoms with Crippen molar-refractivity contribution in [2.75, 3.05) is 7.11 Å². The standard InChI is InChI=1S/C12H13N3O3/c1-7-11(4-9(18-3)5-13-7)15-6-10(12(16)17)14-8(15)2/h4-6H,1-3H3,(H,16,17). The summed E-state index contributed by atoms with van der Waals surface area (Å²) in [7, 11) is 1.56. The van der Waals surface area contributed by atoms with E-state index in [0.717, 1.165) is 11.4 Å². The maximum absolute atomic E-state index is 10.9. The highest BCUT2D eigenvalue weighted by Crippen LogP contribution is 2.20. The van der Waals surface area contributed by atoms with Gasteiger partial charge in [0, 0.05) is 12.3 Å². The van der Waals surface area contributed by atoms with Crippen molar-refractivity contribution in [2.24, 2.45) is 0 Å². The van der Waals surface area contributed by atoms with E-state index in [4.69, 9.17) is 9.84 Å². The second-order valence-electron chi connectivity index (χ2n) is 3.83. The van der Waals surface area contributed by atoms with Crippen LogP contribution in [0.25, 0.3) is 5.69 Å². The molecule has 0 bridgehead atoms. The highest BCUT2D eigenvalue weighted by atomic mass is 16.5. The first kappa shape index (κ1) is 12.1. The summed E-state index contributed by atoms with van der Waals surface area (Å²) in [4.78, 5) is 19.1. The Kier molecular flexibility index (Phi) is 3.01. The normalized spacial score (nSPS) is 10.4. The van der Waals surface area contributed by atoms with Gasteiger partial charge in [0.25, 0.3) is 0 Å². The predicted octanol–water partition coefficient (Wildman–Crippen LogP) is 1.59. The third kappa shape index (κ3) is 2.04. The molecule has 0 radical (unpaired) electrons. The molecule has 1 N–H and O–H groups in total. The van der Waals surface area contributed by atoms with E-state index in [1.807, 2.05) is 6.92 Å². The van der Waals surface area contributed by atoms with E-state index in [-0.39, 0.29) is 5.69 Å².